The third-order valence-electron chi connectivity index (χ3n) is 1.42. The second-order valence-corrected chi connectivity index (χ2v) is 2.20. The summed E-state index contributed by atoms with van der Waals surface area (Å²) in [5.41, 5.74) is 0. The minimum atomic E-state index is -0.0995. The smallest absolute Gasteiger partial charge is 0.0563 e. The average molecular weight is 116 g/mol. The number of ether oxygens (including phenoxy) is 1. The fourth-order valence-electron chi connectivity index (χ4n) is 0.887. The van der Waals surface area contributed by atoms with E-state index in [2.05, 4.69) is 0 Å². The van der Waals surface area contributed by atoms with Crippen LogP contribution < -0.4 is 0 Å². The first-order valence-corrected chi connectivity index (χ1v) is 3.15. The quantitative estimate of drug-likeness (QED) is 0.500. The molecule has 0 radical (unpaired) electrons. The zero-order valence-corrected chi connectivity index (χ0v) is 4.97. The minimum Gasteiger partial charge on any atom is -0.393 e. The molecule has 0 aliphatic carbocycles. The van der Waals surface area contributed by atoms with Crippen molar-refractivity contribution >= 4 is 0 Å². The lowest BCUT2D eigenvalue weighted by atomic mass is 10.2. The molecule has 0 spiro atoms. The molecule has 0 aromatic rings. The fraction of sp³-hybridized carbons (Fsp3) is 1.00. The Bertz CT molecular complexity index is 55.5. The Morgan fingerprint density at radius 3 is 3.00 bits per heavy atom. The van der Waals surface area contributed by atoms with E-state index in [1.54, 1.807) is 0 Å². The molecule has 2 heteroatoms. The average Bonchev–Trinajstić information content (AvgIpc) is 1.94. The molecule has 1 saturated heterocycles. The van der Waals surface area contributed by atoms with E-state index >= 15 is 0 Å². The van der Waals surface area contributed by atoms with Crippen LogP contribution in [0.1, 0.15) is 19.3 Å². The van der Waals surface area contributed by atoms with Gasteiger partial charge in [-0.3, -0.25) is 0 Å². The van der Waals surface area contributed by atoms with Crippen molar-refractivity contribution in [2.75, 3.05) is 13.2 Å². The SMILES string of the molecule is OC1CCCOCC1. The first kappa shape index (κ1) is 6.05. The summed E-state index contributed by atoms with van der Waals surface area (Å²) in [4.78, 5) is 0. The molecule has 1 fully saturated rings. The highest BCUT2D eigenvalue weighted by Crippen LogP contribution is 2.06. The summed E-state index contributed by atoms with van der Waals surface area (Å²) in [6.07, 6.45) is 2.65. The Hall–Kier alpha value is -0.0800. The first-order valence-electron chi connectivity index (χ1n) is 3.15. The van der Waals surface area contributed by atoms with E-state index in [0.717, 1.165) is 32.5 Å². The van der Waals surface area contributed by atoms with Gasteiger partial charge in [0, 0.05) is 13.2 Å². The topological polar surface area (TPSA) is 29.5 Å². The van der Waals surface area contributed by atoms with Crippen LogP contribution in [0.4, 0.5) is 0 Å². The van der Waals surface area contributed by atoms with E-state index in [4.69, 9.17) is 9.84 Å². The van der Waals surface area contributed by atoms with Crippen molar-refractivity contribution in [2.24, 2.45) is 0 Å². The molecular weight excluding hydrogens is 104 g/mol. The molecule has 1 N–H and O–H groups in total. The molecule has 48 valence electrons. The van der Waals surface area contributed by atoms with Gasteiger partial charge in [0.1, 0.15) is 0 Å². The lowest BCUT2D eigenvalue weighted by Crippen LogP contribution is -2.04. The van der Waals surface area contributed by atoms with Crippen LogP contribution in [0.3, 0.4) is 0 Å². The predicted octanol–water partition coefficient (Wildman–Crippen LogP) is 0.548. The summed E-state index contributed by atoms with van der Waals surface area (Å²) in [5.74, 6) is 0. The number of aliphatic hydroxyl groups excluding tert-OH is 1. The molecule has 0 bridgehead atoms. The Labute approximate surface area is 49.5 Å². The van der Waals surface area contributed by atoms with E-state index in [0.29, 0.717) is 0 Å². The van der Waals surface area contributed by atoms with Crippen LogP contribution >= 0.6 is 0 Å². The zero-order chi connectivity index (χ0) is 5.82. The molecule has 2 nitrogen and oxygen atoms in total. The molecule has 0 aromatic heterocycles. The van der Waals surface area contributed by atoms with Crippen LogP contribution in [0, 0.1) is 0 Å². The largest absolute Gasteiger partial charge is 0.393 e. The highest BCUT2D eigenvalue weighted by atomic mass is 16.5. The molecule has 1 unspecified atom stereocenters. The minimum absolute atomic E-state index is 0.0995. The maximum atomic E-state index is 9.01. The van der Waals surface area contributed by atoms with Gasteiger partial charge >= 0.3 is 0 Å². The Morgan fingerprint density at radius 1 is 1.25 bits per heavy atom. The van der Waals surface area contributed by atoms with Gasteiger partial charge in [-0.15, -0.1) is 0 Å². The maximum Gasteiger partial charge on any atom is 0.0563 e. The van der Waals surface area contributed by atoms with Crippen molar-refractivity contribution in [1.29, 1.82) is 0 Å². The lowest BCUT2D eigenvalue weighted by molar-refractivity contribution is 0.118. The summed E-state index contributed by atoms with van der Waals surface area (Å²) in [6.45, 7) is 1.57. The van der Waals surface area contributed by atoms with Gasteiger partial charge in [-0.05, 0) is 19.3 Å². The highest BCUT2D eigenvalue weighted by molar-refractivity contribution is 4.57. The normalized spacial score (nSPS) is 31.9. The first-order chi connectivity index (χ1) is 3.89. The fourth-order valence-corrected chi connectivity index (χ4v) is 0.887. The Morgan fingerprint density at radius 2 is 2.12 bits per heavy atom. The number of hydrogen-bond acceptors (Lipinski definition) is 2. The lowest BCUT2D eigenvalue weighted by Gasteiger charge is -2.01. The zero-order valence-electron chi connectivity index (χ0n) is 4.97. The molecule has 1 atom stereocenters. The summed E-state index contributed by atoms with van der Waals surface area (Å²) in [6, 6.07) is 0. The third kappa shape index (κ3) is 1.80. The second-order valence-electron chi connectivity index (χ2n) is 2.20. The molecule has 0 amide bonds. The van der Waals surface area contributed by atoms with Crippen LogP contribution in [-0.4, -0.2) is 24.4 Å². The van der Waals surface area contributed by atoms with Crippen molar-refractivity contribution in [2.45, 2.75) is 25.4 Å². The van der Waals surface area contributed by atoms with Gasteiger partial charge in [0.05, 0.1) is 6.10 Å². The van der Waals surface area contributed by atoms with E-state index in [1.165, 1.54) is 0 Å². The van der Waals surface area contributed by atoms with Gasteiger partial charge in [0.2, 0.25) is 0 Å². The van der Waals surface area contributed by atoms with Crippen LogP contribution in [-0.2, 0) is 4.74 Å². The van der Waals surface area contributed by atoms with Gasteiger partial charge in [-0.25, -0.2) is 0 Å². The summed E-state index contributed by atoms with van der Waals surface area (Å²) >= 11 is 0. The number of rotatable bonds is 0. The Balaban J connectivity index is 2.17. The summed E-state index contributed by atoms with van der Waals surface area (Å²) in [7, 11) is 0. The molecule has 1 rings (SSSR count). The second kappa shape index (κ2) is 3.05. The van der Waals surface area contributed by atoms with Gasteiger partial charge < -0.3 is 9.84 Å². The van der Waals surface area contributed by atoms with Crippen LogP contribution in [0.15, 0.2) is 0 Å². The molecule has 8 heavy (non-hydrogen) atoms. The van der Waals surface area contributed by atoms with E-state index in [-0.39, 0.29) is 6.10 Å². The van der Waals surface area contributed by atoms with E-state index in [9.17, 15) is 0 Å². The third-order valence-corrected chi connectivity index (χ3v) is 1.42. The molecule has 0 aromatic carbocycles. The summed E-state index contributed by atoms with van der Waals surface area (Å²) < 4.78 is 5.10. The van der Waals surface area contributed by atoms with Gasteiger partial charge in [0.15, 0.2) is 0 Å². The number of aliphatic hydroxyl groups is 1. The van der Waals surface area contributed by atoms with Crippen LogP contribution in [0.2, 0.25) is 0 Å². The molecular formula is C6H12O2. The van der Waals surface area contributed by atoms with Crippen molar-refractivity contribution < 1.29 is 9.84 Å². The maximum absolute atomic E-state index is 9.01. The molecule has 1 aliphatic rings. The Kier molecular flexibility index (Phi) is 2.30. The standard InChI is InChI=1S/C6H12O2/c7-6-2-1-4-8-5-3-6/h6-7H,1-5H2. The highest BCUT2D eigenvalue weighted by Gasteiger charge is 2.06. The molecule has 1 heterocycles. The van der Waals surface area contributed by atoms with Crippen LogP contribution in [0.5, 0.6) is 0 Å². The van der Waals surface area contributed by atoms with E-state index < -0.39 is 0 Å². The van der Waals surface area contributed by atoms with Gasteiger partial charge in [-0.1, -0.05) is 0 Å². The van der Waals surface area contributed by atoms with Crippen LogP contribution in [0.25, 0.3) is 0 Å². The van der Waals surface area contributed by atoms with Gasteiger partial charge in [-0.2, -0.15) is 0 Å². The molecule has 0 saturated carbocycles. The number of hydrogen-bond donors (Lipinski definition) is 1. The van der Waals surface area contributed by atoms with Crippen molar-refractivity contribution in [3.8, 4) is 0 Å². The predicted molar refractivity (Wildman–Crippen MR) is 30.7 cm³/mol. The van der Waals surface area contributed by atoms with Gasteiger partial charge in [0.25, 0.3) is 0 Å². The monoisotopic (exact) mass is 116 g/mol. The van der Waals surface area contributed by atoms with Crippen molar-refractivity contribution in [1.82, 2.24) is 0 Å². The van der Waals surface area contributed by atoms with Crippen molar-refractivity contribution in [3.63, 3.8) is 0 Å². The molecule has 1 aliphatic heterocycles. The summed E-state index contributed by atoms with van der Waals surface area (Å²) in [5, 5.41) is 9.01. The van der Waals surface area contributed by atoms with E-state index in [1.807, 2.05) is 0 Å². The van der Waals surface area contributed by atoms with Crippen molar-refractivity contribution in [3.05, 3.63) is 0 Å².